The Balaban J connectivity index is 1.99. The molecule has 12 heavy (non-hydrogen) atoms. The molecule has 1 fully saturated rings. The minimum absolute atomic E-state index is 0.0276. The summed E-state index contributed by atoms with van der Waals surface area (Å²) in [5.74, 6) is -0.933. The van der Waals surface area contributed by atoms with E-state index in [1.807, 2.05) is 0 Å². The van der Waals surface area contributed by atoms with Gasteiger partial charge in [-0.3, -0.25) is 9.79 Å². The van der Waals surface area contributed by atoms with Gasteiger partial charge in [-0.25, -0.2) is 0 Å². The molecule has 0 amide bonds. The van der Waals surface area contributed by atoms with Crippen molar-refractivity contribution in [1.82, 2.24) is 0 Å². The van der Waals surface area contributed by atoms with Gasteiger partial charge in [0, 0.05) is 0 Å². The molecular weight excluding hydrogens is 158 g/mol. The number of carboxylic acids is 1. The van der Waals surface area contributed by atoms with Crippen molar-refractivity contribution in [2.45, 2.75) is 31.4 Å². The molecule has 0 aromatic heterocycles. The van der Waals surface area contributed by atoms with Crippen LogP contribution in [0, 0.1) is 5.92 Å². The molecule has 2 aliphatic rings. The molecule has 0 saturated heterocycles. The highest BCUT2D eigenvalue weighted by Gasteiger charge is 2.36. The Morgan fingerprint density at radius 1 is 1.58 bits per heavy atom. The number of fused-ring (bicyclic) bond motifs is 1. The zero-order valence-corrected chi connectivity index (χ0v) is 6.64. The Morgan fingerprint density at radius 2 is 2.42 bits per heavy atom. The first-order valence-electron chi connectivity index (χ1n) is 4.17. The number of aliphatic carboxylic acids is 1. The second kappa shape index (κ2) is 2.77. The molecule has 1 aliphatic carbocycles. The Hall–Kier alpha value is -1.06. The van der Waals surface area contributed by atoms with Gasteiger partial charge in [-0.05, 0) is 19.3 Å². The van der Waals surface area contributed by atoms with E-state index in [9.17, 15) is 4.79 Å². The molecule has 0 radical (unpaired) electrons. The zero-order chi connectivity index (χ0) is 8.55. The maximum Gasteiger partial charge on any atom is 0.306 e. The lowest BCUT2D eigenvalue weighted by molar-refractivity contribution is -0.143. The molecule has 0 spiro atoms. The Kier molecular flexibility index (Phi) is 1.75. The van der Waals surface area contributed by atoms with Crippen molar-refractivity contribution in [3.05, 3.63) is 0 Å². The number of ether oxygens (including phenoxy) is 1. The van der Waals surface area contributed by atoms with E-state index >= 15 is 0 Å². The maximum atomic E-state index is 10.6. The van der Waals surface area contributed by atoms with Crippen molar-refractivity contribution >= 4 is 12.4 Å². The van der Waals surface area contributed by atoms with Crippen LogP contribution in [0.1, 0.15) is 19.3 Å². The lowest BCUT2D eigenvalue weighted by Gasteiger charge is -2.26. The summed E-state index contributed by atoms with van der Waals surface area (Å²) in [5.41, 5.74) is 0. The van der Waals surface area contributed by atoms with E-state index in [0.717, 1.165) is 12.8 Å². The number of rotatable bonds is 1. The van der Waals surface area contributed by atoms with Crippen LogP contribution >= 0.6 is 0 Å². The van der Waals surface area contributed by atoms with Gasteiger partial charge < -0.3 is 9.84 Å². The fourth-order valence-electron chi connectivity index (χ4n) is 1.85. The molecule has 1 saturated carbocycles. The van der Waals surface area contributed by atoms with E-state index in [1.165, 1.54) is 6.40 Å². The highest BCUT2D eigenvalue weighted by Crippen LogP contribution is 2.30. The lowest BCUT2D eigenvalue weighted by atomic mass is 9.84. The molecule has 4 nitrogen and oxygen atoms in total. The highest BCUT2D eigenvalue weighted by atomic mass is 16.5. The van der Waals surface area contributed by atoms with Crippen LogP contribution in [0.5, 0.6) is 0 Å². The average molecular weight is 169 g/mol. The van der Waals surface area contributed by atoms with E-state index in [0.29, 0.717) is 6.42 Å². The van der Waals surface area contributed by atoms with Crippen molar-refractivity contribution in [1.29, 1.82) is 0 Å². The Labute approximate surface area is 70.2 Å². The van der Waals surface area contributed by atoms with Gasteiger partial charge in [0.25, 0.3) is 0 Å². The largest absolute Gasteiger partial charge is 0.481 e. The summed E-state index contributed by atoms with van der Waals surface area (Å²) in [6.45, 7) is 0. The summed E-state index contributed by atoms with van der Waals surface area (Å²) in [6.07, 6.45) is 3.68. The molecule has 1 heterocycles. The van der Waals surface area contributed by atoms with Crippen molar-refractivity contribution in [3.63, 3.8) is 0 Å². The third-order valence-electron chi connectivity index (χ3n) is 2.59. The van der Waals surface area contributed by atoms with Crippen LogP contribution in [-0.2, 0) is 9.53 Å². The molecule has 0 aromatic carbocycles. The molecule has 2 rings (SSSR count). The predicted octanol–water partition coefficient (Wildman–Crippen LogP) is 0.667. The average Bonchev–Trinajstić information content (AvgIpc) is 2.49. The van der Waals surface area contributed by atoms with Crippen molar-refractivity contribution in [2.75, 3.05) is 0 Å². The van der Waals surface area contributed by atoms with Gasteiger partial charge in [0.15, 0.2) is 6.40 Å². The number of hydrogen-bond donors (Lipinski definition) is 1. The third kappa shape index (κ3) is 1.17. The highest BCUT2D eigenvalue weighted by molar-refractivity contribution is 5.70. The minimum atomic E-state index is -0.705. The standard InChI is InChI=1S/C8H11NO3/c10-8(11)5-1-2-6-7(3-5)12-4-9-6/h4-7H,1-3H2,(H,10,11). The quantitative estimate of drug-likeness (QED) is 0.627. The SMILES string of the molecule is O=C(O)C1CCC2N=COC2C1. The zero-order valence-electron chi connectivity index (χ0n) is 6.64. The van der Waals surface area contributed by atoms with Gasteiger partial charge in [0.1, 0.15) is 6.10 Å². The topological polar surface area (TPSA) is 58.9 Å². The van der Waals surface area contributed by atoms with Crippen LogP contribution in [0.2, 0.25) is 0 Å². The first-order chi connectivity index (χ1) is 5.77. The first kappa shape index (κ1) is 7.58. The van der Waals surface area contributed by atoms with E-state index in [4.69, 9.17) is 9.84 Å². The van der Waals surface area contributed by atoms with Crippen LogP contribution in [0.3, 0.4) is 0 Å². The van der Waals surface area contributed by atoms with Crippen LogP contribution in [0.4, 0.5) is 0 Å². The van der Waals surface area contributed by atoms with Crippen LogP contribution in [-0.4, -0.2) is 29.6 Å². The summed E-state index contributed by atoms with van der Waals surface area (Å²) in [5, 5.41) is 8.76. The lowest BCUT2D eigenvalue weighted by Crippen LogP contribution is -2.33. The summed E-state index contributed by atoms with van der Waals surface area (Å²) in [4.78, 5) is 14.8. The molecule has 0 aromatic rings. The van der Waals surface area contributed by atoms with Crippen molar-refractivity contribution < 1.29 is 14.6 Å². The van der Waals surface area contributed by atoms with Gasteiger partial charge in [-0.15, -0.1) is 0 Å². The second-order valence-corrected chi connectivity index (χ2v) is 3.34. The molecule has 66 valence electrons. The predicted molar refractivity (Wildman–Crippen MR) is 42.1 cm³/mol. The van der Waals surface area contributed by atoms with Crippen LogP contribution in [0.15, 0.2) is 4.99 Å². The van der Waals surface area contributed by atoms with E-state index in [-0.39, 0.29) is 18.1 Å². The first-order valence-corrected chi connectivity index (χ1v) is 4.17. The fraction of sp³-hybridized carbons (Fsp3) is 0.750. The minimum Gasteiger partial charge on any atom is -0.481 e. The van der Waals surface area contributed by atoms with Gasteiger partial charge >= 0.3 is 5.97 Å². The number of nitrogens with zero attached hydrogens (tertiary/aromatic N) is 1. The smallest absolute Gasteiger partial charge is 0.306 e. The Bertz CT molecular complexity index is 226. The molecule has 3 atom stereocenters. The van der Waals surface area contributed by atoms with Gasteiger partial charge in [0.05, 0.1) is 12.0 Å². The number of carboxylic acid groups (broad SMARTS) is 1. The summed E-state index contributed by atoms with van der Waals surface area (Å²) >= 11 is 0. The third-order valence-corrected chi connectivity index (χ3v) is 2.59. The van der Waals surface area contributed by atoms with Gasteiger partial charge in [-0.1, -0.05) is 0 Å². The summed E-state index contributed by atoms with van der Waals surface area (Å²) in [7, 11) is 0. The van der Waals surface area contributed by atoms with Crippen molar-refractivity contribution in [3.8, 4) is 0 Å². The maximum absolute atomic E-state index is 10.6. The molecule has 1 N–H and O–H groups in total. The monoisotopic (exact) mass is 169 g/mol. The number of carbonyl (C=O) groups is 1. The van der Waals surface area contributed by atoms with Gasteiger partial charge in [0.2, 0.25) is 0 Å². The molecule has 4 heteroatoms. The summed E-state index contributed by atoms with van der Waals surface area (Å²) in [6, 6.07) is 0.223. The fourth-order valence-corrected chi connectivity index (χ4v) is 1.85. The van der Waals surface area contributed by atoms with Gasteiger partial charge in [-0.2, -0.15) is 0 Å². The number of hydrogen-bond acceptors (Lipinski definition) is 3. The molecule has 3 unspecified atom stereocenters. The van der Waals surface area contributed by atoms with Crippen LogP contribution in [0.25, 0.3) is 0 Å². The molecule has 1 aliphatic heterocycles. The van der Waals surface area contributed by atoms with E-state index < -0.39 is 5.97 Å². The molecular formula is C8H11NO3. The second-order valence-electron chi connectivity index (χ2n) is 3.34. The Morgan fingerprint density at radius 3 is 3.17 bits per heavy atom. The summed E-state index contributed by atoms with van der Waals surface area (Å²) < 4.78 is 5.18. The van der Waals surface area contributed by atoms with Crippen LogP contribution < -0.4 is 0 Å². The van der Waals surface area contributed by atoms with E-state index in [2.05, 4.69) is 4.99 Å². The number of aliphatic imine (C=N–C) groups is 1. The molecule has 0 bridgehead atoms. The normalized spacial score (nSPS) is 38.8. The van der Waals surface area contributed by atoms with Crippen molar-refractivity contribution in [2.24, 2.45) is 10.9 Å². The van der Waals surface area contributed by atoms with E-state index in [1.54, 1.807) is 0 Å².